The molecule has 2 rings (SSSR count). The van der Waals surface area contributed by atoms with Crippen molar-refractivity contribution in [3.8, 4) is 0 Å². The first-order valence-corrected chi connectivity index (χ1v) is 11.3. The van der Waals surface area contributed by atoms with Gasteiger partial charge in [0.25, 0.3) is 0 Å². The van der Waals surface area contributed by atoms with Crippen molar-refractivity contribution < 1.29 is 24.9 Å². The first kappa shape index (κ1) is 23.2. The number of hydrogen-bond donors (Lipinski definition) is 4. The first-order valence-electron chi connectivity index (χ1n) is 9.58. The van der Waals surface area contributed by atoms with E-state index in [1.807, 2.05) is 11.9 Å². The standard InChI is InChI=1S/C18H33ClN2O5S/c1-5-6-10-7-11(21(3)8-10)17(25)20-12(9(2)19)16-14(23)13(22)15(24)18(26-16)27-4/h9-16,18,22-24H,5-8H2,1-4H3,(H,20,25)/t9-,10+,11-,12+,13+,14-,15+,16+,18-/m1/s1. The number of amides is 1. The number of ether oxygens (including phenoxy) is 1. The van der Waals surface area contributed by atoms with Crippen molar-refractivity contribution in [3.63, 3.8) is 0 Å². The van der Waals surface area contributed by atoms with Crippen LogP contribution >= 0.6 is 23.4 Å². The van der Waals surface area contributed by atoms with Crippen molar-refractivity contribution in [2.45, 2.75) is 80.4 Å². The van der Waals surface area contributed by atoms with E-state index in [9.17, 15) is 20.1 Å². The zero-order valence-electron chi connectivity index (χ0n) is 16.4. The Morgan fingerprint density at radius 3 is 2.56 bits per heavy atom. The van der Waals surface area contributed by atoms with Crippen LogP contribution in [0.5, 0.6) is 0 Å². The van der Waals surface area contributed by atoms with Gasteiger partial charge in [0.2, 0.25) is 5.91 Å². The normalized spacial score (nSPS) is 39.9. The van der Waals surface area contributed by atoms with E-state index >= 15 is 0 Å². The summed E-state index contributed by atoms with van der Waals surface area (Å²) < 4.78 is 5.79. The Kier molecular flexibility index (Phi) is 8.67. The van der Waals surface area contributed by atoms with Crippen LogP contribution in [0.4, 0.5) is 0 Å². The number of likely N-dealkylation sites (N-methyl/N-ethyl adjacent to an activating group) is 1. The van der Waals surface area contributed by atoms with Crippen LogP contribution in [-0.4, -0.2) is 93.3 Å². The zero-order valence-corrected chi connectivity index (χ0v) is 18.0. The number of thioether (sulfide) groups is 1. The van der Waals surface area contributed by atoms with Crippen molar-refractivity contribution in [1.82, 2.24) is 10.2 Å². The summed E-state index contributed by atoms with van der Waals surface area (Å²) in [6.45, 7) is 4.74. The lowest BCUT2D eigenvalue weighted by atomic mass is 9.92. The van der Waals surface area contributed by atoms with E-state index in [2.05, 4.69) is 12.2 Å². The maximum atomic E-state index is 12.9. The second kappa shape index (κ2) is 10.1. The number of aliphatic hydroxyl groups excluding tert-OH is 3. The minimum Gasteiger partial charge on any atom is -0.388 e. The number of alkyl halides is 1. The maximum absolute atomic E-state index is 12.9. The van der Waals surface area contributed by atoms with E-state index in [-0.39, 0.29) is 11.9 Å². The monoisotopic (exact) mass is 424 g/mol. The summed E-state index contributed by atoms with van der Waals surface area (Å²) in [5.41, 5.74) is -0.702. The number of aliphatic hydroxyl groups is 3. The molecular weight excluding hydrogens is 392 g/mol. The Hall–Kier alpha value is -0.0900. The van der Waals surface area contributed by atoms with E-state index in [0.29, 0.717) is 5.92 Å². The van der Waals surface area contributed by atoms with Crippen LogP contribution < -0.4 is 5.32 Å². The van der Waals surface area contributed by atoms with Gasteiger partial charge in [-0.05, 0) is 39.0 Å². The lowest BCUT2D eigenvalue weighted by molar-refractivity contribution is -0.205. The van der Waals surface area contributed by atoms with Gasteiger partial charge in [0.05, 0.1) is 17.5 Å². The molecule has 2 fully saturated rings. The van der Waals surface area contributed by atoms with Crippen LogP contribution in [0, 0.1) is 5.92 Å². The number of carbonyl (C=O) groups is 1. The Labute approximate surface area is 170 Å². The molecule has 9 heteroatoms. The smallest absolute Gasteiger partial charge is 0.237 e. The molecule has 0 bridgehead atoms. The van der Waals surface area contributed by atoms with Crippen molar-refractivity contribution in [2.24, 2.45) is 5.92 Å². The van der Waals surface area contributed by atoms with Gasteiger partial charge in [-0.25, -0.2) is 0 Å². The summed E-state index contributed by atoms with van der Waals surface area (Å²) >= 11 is 7.55. The van der Waals surface area contributed by atoms with Crippen LogP contribution in [0.25, 0.3) is 0 Å². The molecule has 0 aromatic rings. The second-order valence-electron chi connectivity index (χ2n) is 7.73. The number of rotatable bonds is 7. The number of halogens is 1. The average molecular weight is 425 g/mol. The number of nitrogens with one attached hydrogen (secondary N) is 1. The molecule has 2 aliphatic rings. The molecule has 27 heavy (non-hydrogen) atoms. The third kappa shape index (κ3) is 5.29. The highest BCUT2D eigenvalue weighted by atomic mass is 35.5. The Morgan fingerprint density at radius 2 is 2.00 bits per heavy atom. The first-order chi connectivity index (χ1) is 12.7. The molecule has 0 aliphatic carbocycles. The fourth-order valence-electron chi connectivity index (χ4n) is 4.11. The van der Waals surface area contributed by atoms with Crippen LogP contribution in [0.3, 0.4) is 0 Å². The third-order valence-electron chi connectivity index (χ3n) is 5.63. The summed E-state index contributed by atoms with van der Waals surface area (Å²) in [6.07, 6.45) is -0.0980. The number of carbonyl (C=O) groups excluding carboxylic acids is 1. The quantitative estimate of drug-likeness (QED) is 0.438. The number of likely N-dealkylation sites (tertiary alicyclic amines) is 1. The fraction of sp³-hybridized carbons (Fsp3) is 0.944. The van der Waals surface area contributed by atoms with E-state index in [4.69, 9.17) is 16.3 Å². The van der Waals surface area contributed by atoms with Gasteiger partial charge in [0.1, 0.15) is 29.9 Å². The molecule has 0 aromatic carbocycles. The fourth-order valence-corrected chi connectivity index (χ4v) is 5.00. The molecule has 2 heterocycles. The Bertz CT molecular complexity index is 498. The molecule has 9 atom stereocenters. The molecule has 0 aromatic heterocycles. The van der Waals surface area contributed by atoms with Crippen molar-refractivity contribution in [3.05, 3.63) is 0 Å². The van der Waals surface area contributed by atoms with Crippen molar-refractivity contribution in [2.75, 3.05) is 19.8 Å². The van der Waals surface area contributed by atoms with Gasteiger partial charge in [-0.3, -0.25) is 9.69 Å². The highest BCUT2D eigenvalue weighted by molar-refractivity contribution is 7.99. The molecule has 4 N–H and O–H groups in total. The highest BCUT2D eigenvalue weighted by Crippen LogP contribution is 2.31. The molecule has 158 valence electrons. The second-order valence-corrected chi connectivity index (χ2v) is 9.36. The van der Waals surface area contributed by atoms with Gasteiger partial charge >= 0.3 is 0 Å². The van der Waals surface area contributed by atoms with E-state index < -0.39 is 41.3 Å². The summed E-state index contributed by atoms with van der Waals surface area (Å²) in [6, 6.07) is -0.934. The predicted octanol–water partition coefficient (Wildman–Crippen LogP) is 0.390. The molecule has 0 radical (unpaired) electrons. The molecular formula is C18H33ClN2O5S. The molecule has 1 amide bonds. The van der Waals surface area contributed by atoms with Gasteiger partial charge < -0.3 is 25.4 Å². The van der Waals surface area contributed by atoms with Crippen molar-refractivity contribution in [1.29, 1.82) is 0 Å². The van der Waals surface area contributed by atoms with Gasteiger partial charge in [-0.1, -0.05) is 13.3 Å². The summed E-state index contributed by atoms with van der Waals surface area (Å²) in [5, 5.41) is 33.0. The van der Waals surface area contributed by atoms with Crippen LogP contribution in [-0.2, 0) is 9.53 Å². The minimum atomic E-state index is -1.36. The number of nitrogens with zero attached hydrogens (tertiary/aromatic N) is 1. The van der Waals surface area contributed by atoms with E-state index in [0.717, 1.165) is 25.8 Å². The van der Waals surface area contributed by atoms with Crippen LogP contribution in [0.1, 0.15) is 33.1 Å². The molecule has 7 nitrogen and oxygen atoms in total. The molecule has 2 saturated heterocycles. The average Bonchev–Trinajstić information content (AvgIpc) is 2.99. The Morgan fingerprint density at radius 1 is 1.33 bits per heavy atom. The lowest BCUT2D eigenvalue weighted by Crippen LogP contribution is -2.65. The minimum absolute atomic E-state index is 0.147. The molecule has 0 saturated carbocycles. The molecule has 0 unspecified atom stereocenters. The highest BCUT2D eigenvalue weighted by Gasteiger charge is 2.48. The van der Waals surface area contributed by atoms with Gasteiger partial charge in [0.15, 0.2) is 0 Å². The van der Waals surface area contributed by atoms with E-state index in [1.165, 1.54) is 11.8 Å². The largest absolute Gasteiger partial charge is 0.388 e. The third-order valence-corrected chi connectivity index (χ3v) is 6.76. The lowest BCUT2D eigenvalue weighted by Gasteiger charge is -2.44. The van der Waals surface area contributed by atoms with Gasteiger partial charge in [-0.15, -0.1) is 23.4 Å². The van der Waals surface area contributed by atoms with Crippen molar-refractivity contribution >= 4 is 29.3 Å². The van der Waals surface area contributed by atoms with Crippen LogP contribution in [0.15, 0.2) is 0 Å². The summed E-state index contributed by atoms with van der Waals surface area (Å²) in [4.78, 5) is 14.9. The molecule has 2 aliphatic heterocycles. The topological polar surface area (TPSA) is 102 Å². The predicted molar refractivity (Wildman–Crippen MR) is 107 cm³/mol. The Balaban J connectivity index is 2.09. The van der Waals surface area contributed by atoms with Gasteiger partial charge in [0, 0.05) is 6.54 Å². The summed E-state index contributed by atoms with van der Waals surface area (Å²) in [7, 11) is 1.94. The summed E-state index contributed by atoms with van der Waals surface area (Å²) in [5.74, 6) is 0.350. The van der Waals surface area contributed by atoms with Gasteiger partial charge in [-0.2, -0.15) is 0 Å². The molecule has 0 spiro atoms. The zero-order chi connectivity index (χ0) is 20.3. The maximum Gasteiger partial charge on any atom is 0.237 e. The number of hydrogen-bond acceptors (Lipinski definition) is 7. The van der Waals surface area contributed by atoms with Crippen LogP contribution in [0.2, 0.25) is 0 Å². The van der Waals surface area contributed by atoms with E-state index in [1.54, 1.807) is 13.2 Å². The SMILES string of the molecule is CCC[C@H]1C[C@H](C(=O)N[C@H]([C@@H]2O[C@H](SC)[C@@H](O)[C@@H](O)[C@H]2O)[C@@H](C)Cl)N(C)C1.